The van der Waals surface area contributed by atoms with Crippen LogP contribution in [0.5, 0.6) is 5.75 Å². The summed E-state index contributed by atoms with van der Waals surface area (Å²) in [6.07, 6.45) is 4.24. The van der Waals surface area contributed by atoms with Crippen LogP contribution in [0.3, 0.4) is 0 Å². The van der Waals surface area contributed by atoms with E-state index in [2.05, 4.69) is 30.5 Å². The summed E-state index contributed by atoms with van der Waals surface area (Å²) >= 11 is 0. The molecule has 1 aliphatic rings. The molecule has 0 aliphatic carbocycles. The predicted octanol–water partition coefficient (Wildman–Crippen LogP) is 2.09. The average Bonchev–Trinajstić information content (AvgIpc) is 2.37. The minimum Gasteiger partial charge on any atom is -0.497 e. The second-order valence-corrected chi connectivity index (χ2v) is 4.35. The van der Waals surface area contributed by atoms with Crippen molar-refractivity contribution >= 4 is 6.08 Å². The van der Waals surface area contributed by atoms with E-state index < -0.39 is 0 Å². The maximum Gasteiger partial charge on any atom is 0.119 e. The molecule has 1 aromatic rings. The summed E-state index contributed by atoms with van der Waals surface area (Å²) < 4.78 is 10.7. The van der Waals surface area contributed by atoms with E-state index in [-0.39, 0.29) is 0 Å². The van der Waals surface area contributed by atoms with Gasteiger partial charge < -0.3 is 14.8 Å². The molecule has 1 aromatic carbocycles. The van der Waals surface area contributed by atoms with Crippen molar-refractivity contribution in [2.24, 2.45) is 0 Å². The Morgan fingerprint density at radius 1 is 1.41 bits per heavy atom. The summed E-state index contributed by atoms with van der Waals surface area (Å²) in [6.45, 7) is 3.67. The van der Waals surface area contributed by atoms with E-state index in [0.717, 1.165) is 24.5 Å². The summed E-state index contributed by atoms with van der Waals surface area (Å²) in [4.78, 5) is 0. The summed E-state index contributed by atoms with van der Waals surface area (Å²) in [7, 11) is 1.68. The molecule has 92 valence electrons. The molecule has 0 saturated carbocycles. The Hall–Kier alpha value is -1.32. The van der Waals surface area contributed by atoms with Crippen molar-refractivity contribution in [2.75, 3.05) is 20.3 Å². The minimum absolute atomic E-state index is 0.296. The van der Waals surface area contributed by atoms with Crippen LogP contribution in [0.4, 0.5) is 0 Å². The van der Waals surface area contributed by atoms with E-state index in [9.17, 15) is 0 Å². The van der Waals surface area contributed by atoms with E-state index in [0.29, 0.717) is 12.1 Å². The minimum atomic E-state index is 0.296. The van der Waals surface area contributed by atoms with Gasteiger partial charge in [-0.15, -0.1) is 0 Å². The van der Waals surface area contributed by atoms with Gasteiger partial charge in [0, 0.05) is 12.1 Å². The van der Waals surface area contributed by atoms with Gasteiger partial charge in [0.2, 0.25) is 0 Å². The number of methoxy groups -OCH3 is 1. The predicted molar refractivity (Wildman–Crippen MR) is 69.2 cm³/mol. The highest BCUT2D eigenvalue weighted by Gasteiger charge is 2.15. The Morgan fingerprint density at radius 3 is 3.06 bits per heavy atom. The fourth-order valence-electron chi connectivity index (χ4n) is 1.92. The Morgan fingerprint density at radius 2 is 2.29 bits per heavy atom. The van der Waals surface area contributed by atoms with Crippen molar-refractivity contribution in [3.8, 4) is 5.75 Å². The van der Waals surface area contributed by atoms with E-state index in [1.807, 2.05) is 18.2 Å². The Balaban J connectivity index is 1.99. The molecule has 2 rings (SSSR count). The zero-order valence-electron chi connectivity index (χ0n) is 10.3. The fraction of sp³-hybridized carbons (Fsp3) is 0.429. The molecule has 0 spiro atoms. The van der Waals surface area contributed by atoms with Crippen molar-refractivity contribution in [3.05, 3.63) is 35.9 Å². The van der Waals surface area contributed by atoms with Gasteiger partial charge in [0.1, 0.15) is 5.75 Å². The van der Waals surface area contributed by atoms with E-state index >= 15 is 0 Å². The molecule has 0 bridgehead atoms. The Kier molecular flexibility index (Phi) is 4.18. The van der Waals surface area contributed by atoms with E-state index in [4.69, 9.17) is 9.47 Å². The molecule has 1 aliphatic heterocycles. The highest BCUT2D eigenvalue weighted by atomic mass is 16.5. The van der Waals surface area contributed by atoms with Gasteiger partial charge in [-0.3, -0.25) is 0 Å². The molecule has 2 atom stereocenters. The number of hydrogen-bond acceptors (Lipinski definition) is 3. The van der Waals surface area contributed by atoms with Crippen molar-refractivity contribution in [2.45, 2.75) is 19.0 Å². The molecule has 3 heteroatoms. The zero-order chi connectivity index (χ0) is 12.1. The van der Waals surface area contributed by atoms with Crippen LogP contribution in [0.1, 0.15) is 12.5 Å². The van der Waals surface area contributed by atoms with Crippen LogP contribution in [0.25, 0.3) is 6.08 Å². The first-order valence-corrected chi connectivity index (χ1v) is 5.94. The summed E-state index contributed by atoms with van der Waals surface area (Å²) in [5, 5.41) is 3.47. The second kappa shape index (κ2) is 5.84. The molecule has 1 saturated heterocycles. The van der Waals surface area contributed by atoms with Crippen LogP contribution < -0.4 is 10.1 Å². The average molecular weight is 233 g/mol. The number of benzene rings is 1. The van der Waals surface area contributed by atoms with Crippen LogP contribution in [0.2, 0.25) is 0 Å². The highest BCUT2D eigenvalue weighted by Crippen LogP contribution is 2.14. The normalized spacial score (nSPS) is 25.1. The molecule has 17 heavy (non-hydrogen) atoms. The number of ether oxygens (including phenoxy) is 2. The number of morpholine rings is 1. The zero-order valence-corrected chi connectivity index (χ0v) is 10.3. The van der Waals surface area contributed by atoms with Gasteiger partial charge in [-0.1, -0.05) is 24.3 Å². The third-order valence-corrected chi connectivity index (χ3v) is 2.78. The first-order valence-electron chi connectivity index (χ1n) is 5.94. The molecule has 2 unspecified atom stereocenters. The SMILES string of the molecule is COc1cccc(/C=C/C2COCC(C)N2)c1. The largest absolute Gasteiger partial charge is 0.497 e. The lowest BCUT2D eigenvalue weighted by atomic mass is 10.1. The Bertz CT molecular complexity index is 390. The second-order valence-electron chi connectivity index (χ2n) is 4.35. The summed E-state index contributed by atoms with van der Waals surface area (Å²) in [5.41, 5.74) is 1.14. The molecule has 0 radical (unpaired) electrons. The first-order chi connectivity index (χ1) is 8.28. The number of nitrogens with one attached hydrogen (secondary N) is 1. The fourth-order valence-corrected chi connectivity index (χ4v) is 1.92. The van der Waals surface area contributed by atoms with Crippen molar-refractivity contribution in [3.63, 3.8) is 0 Å². The maximum absolute atomic E-state index is 5.49. The molecule has 0 amide bonds. The third kappa shape index (κ3) is 3.58. The van der Waals surface area contributed by atoms with Crippen LogP contribution in [0.15, 0.2) is 30.3 Å². The maximum atomic E-state index is 5.49. The molecule has 3 nitrogen and oxygen atoms in total. The van der Waals surface area contributed by atoms with Crippen molar-refractivity contribution < 1.29 is 9.47 Å². The van der Waals surface area contributed by atoms with Gasteiger partial charge >= 0.3 is 0 Å². The van der Waals surface area contributed by atoms with Gasteiger partial charge in [-0.2, -0.15) is 0 Å². The quantitative estimate of drug-likeness (QED) is 0.867. The lowest BCUT2D eigenvalue weighted by Gasteiger charge is -2.26. The van der Waals surface area contributed by atoms with E-state index in [1.165, 1.54) is 0 Å². The van der Waals surface area contributed by atoms with Crippen LogP contribution in [-0.2, 0) is 4.74 Å². The first kappa shape index (κ1) is 12.1. The molecule has 0 aromatic heterocycles. The molecule has 1 N–H and O–H groups in total. The molecular weight excluding hydrogens is 214 g/mol. The van der Waals surface area contributed by atoms with Crippen molar-refractivity contribution in [1.29, 1.82) is 0 Å². The standard InChI is InChI=1S/C14H19NO2/c1-11-9-17-10-13(15-11)7-6-12-4-3-5-14(8-12)16-2/h3-8,11,13,15H,9-10H2,1-2H3/b7-6+. The summed E-state index contributed by atoms with van der Waals surface area (Å²) in [6, 6.07) is 8.73. The lowest BCUT2D eigenvalue weighted by molar-refractivity contribution is 0.0637. The van der Waals surface area contributed by atoms with Crippen LogP contribution in [-0.4, -0.2) is 32.4 Å². The third-order valence-electron chi connectivity index (χ3n) is 2.78. The number of rotatable bonds is 3. The smallest absolute Gasteiger partial charge is 0.119 e. The van der Waals surface area contributed by atoms with Gasteiger partial charge in [0.15, 0.2) is 0 Å². The van der Waals surface area contributed by atoms with Gasteiger partial charge in [-0.25, -0.2) is 0 Å². The van der Waals surface area contributed by atoms with Crippen LogP contribution in [0, 0.1) is 0 Å². The highest BCUT2D eigenvalue weighted by molar-refractivity contribution is 5.52. The summed E-state index contributed by atoms with van der Waals surface area (Å²) in [5.74, 6) is 0.883. The number of hydrogen-bond donors (Lipinski definition) is 1. The molecular formula is C14H19NO2. The van der Waals surface area contributed by atoms with Gasteiger partial charge in [-0.05, 0) is 24.6 Å². The van der Waals surface area contributed by atoms with Crippen molar-refractivity contribution in [1.82, 2.24) is 5.32 Å². The van der Waals surface area contributed by atoms with Gasteiger partial charge in [0.05, 0.1) is 20.3 Å². The monoisotopic (exact) mass is 233 g/mol. The lowest BCUT2D eigenvalue weighted by Crippen LogP contribution is -2.46. The Labute approximate surface area is 102 Å². The van der Waals surface area contributed by atoms with Crippen LogP contribution >= 0.6 is 0 Å². The molecule has 1 fully saturated rings. The molecule has 1 heterocycles. The van der Waals surface area contributed by atoms with Gasteiger partial charge in [0.25, 0.3) is 0 Å². The topological polar surface area (TPSA) is 30.5 Å². The van der Waals surface area contributed by atoms with E-state index in [1.54, 1.807) is 7.11 Å².